The fourth-order valence-corrected chi connectivity index (χ4v) is 4.95. The Bertz CT molecular complexity index is 1570. The van der Waals surface area contributed by atoms with Crippen LogP contribution in [0.4, 0.5) is 4.79 Å². The number of carbonyl (C=O) groups is 1. The van der Waals surface area contributed by atoms with Crippen molar-refractivity contribution in [2.45, 2.75) is 59.0 Å². The molecule has 0 amide bonds. The van der Waals surface area contributed by atoms with Crippen LogP contribution in [0.25, 0.3) is 33.5 Å². The summed E-state index contributed by atoms with van der Waals surface area (Å²) in [6, 6.07) is 21.8. The van der Waals surface area contributed by atoms with E-state index in [1.54, 1.807) is 12.1 Å². The van der Waals surface area contributed by atoms with Crippen LogP contribution in [0.1, 0.15) is 50.9 Å². The molecule has 3 aromatic carbocycles. The van der Waals surface area contributed by atoms with E-state index in [4.69, 9.17) is 14.8 Å². The van der Waals surface area contributed by atoms with E-state index in [0.29, 0.717) is 12.3 Å². The number of nitrogens with zero attached hydrogens (tertiary/aromatic N) is 4. The van der Waals surface area contributed by atoms with Crippen molar-refractivity contribution in [3.8, 4) is 28.3 Å². The van der Waals surface area contributed by atoms with Crippen LogP contribution in [0.3, 0.4) is 0 Å². The van der Waals surface area contributed by atoms with Crippen LogP contribution in [0.15, 0.2) is 79.1 Å². The minimum Gasteiger partial charge on any atom is -0.449 e. The molecule has 2 heterocycles. The summed E-state index contributed by atoms with van der Waals surface area (Å²) in [7, 11) is 0. The summed E-state index contributed by atoms with van der Waals surface area (Å²) in [5.74, 6) is 2.40. The van der Waals surface area contributed by atoms with Gasteiger partial charge in [-0.3, -0.25) is 0 Å². The van der Waals surface area contributed by atoms with Gasteiger partial charge in [0.05, 0.1) is 11.0 Å². The fraction of sp³-hybridized carbons (Fsp3) is 0.281. The summed E-state index contributed by atoms with van der Waals surface area (Å²) in [4.78, 5) is 20.8. The summed E-state index contributed by atoms with van der Waals surface area (Å²) in [5, 5.41) is 9.10. The monoisotopic (exact) mass is 522 g/mol. The smallest absolute Gasteiger partial charge is 0.449 e. The number of rotatable bonds is 11. The van der Waals surface area contributed by atoms with Crippen molar-refractivity contribution in [2.75, 3.05) is 0 Å². The zero-order valence-corrected chi connectivity index (χ0v) is 22.5. The van der Waals surface area contributed by atoms with E-state index in [9.17, 15) is 4.79 Å². The zero-order valence-electron chi connectivity index (χ0n) is 22.5. The van der Waals surface area contributed by atoms with Crippen LogP contribution >= 0.6 is 0 Å². The Balaban J connectivity index is 1.48. The maximum Gasteiger partial charge on any atom is 0.511 e. The normalized spacial score (nSPS) is 11.2. The molecule has 0 aliphatic carbocycles. The van der Waals surface area contributed by atoms with Crippen molar-refractivity contribution >= 4 is 17.2 Å². The first-order valence-electron chi connectivity index (χ1n) is 13.7. The van der Waals surface area contributed by atoms with Crippen LogP contribution in [-0.2, 0) is 19.5 Å². The molecule has 39 heavy (non-hydrogen) atoms. The van der Waals surface area contributed by atoms with E-state index in [-0.39, 0.29) is 0 Å². The molecule has 0 bridgehead atoms. The highest BCUT2D eigenvalue weighted by molar-refractivity contribution is 5.81. The van der Waals surface area contributed by atoms with Crippen LogP contribution in [0.2, 0.25) is 0 Å². The van der Waals surface area contributed by atoms with E-state index >= 15 is 0 Å². The number of para-hydroxylation sites is 1. The largest absolute Gasteiger partial charge is 0.511 e. The van der Waals surface area contributed by atoms with Gasteiger partial charge in [-0.1, -0.05) is 69.2 Å². The standard InChI is InChI=1S/C32H34N4O3/c1-3-5-11-30-34-27-17-16-25(31-33-18-20-35(31)19-6-4-2)21-28(27)36(30)22-23-12-14-24(15-13-23)26-9-7-8-10-29(26)39-32(37)38/h7-10,12-18,20-21H,3-6,11,19,22H2,1-2H3,(H,37,38). The van der Waals surface area contributed by atoms with Gasteiger partial charge in [-0.05, 0) is 48.2 Å². The molecule has 0 aliphatic rings. The molecule has 0 atom stereocenters. The SMILES string of the molecule is CCCCc1nc2ccc(-c3nccn3CCCC)cc2n1Cc1ccc(-c2ccccc2OC(=O)O)cc1. The molecule has 0 spiro atoms. The zero-order chi connectivity index (χ0) is 27.2. The quantitative estimate of drug-likeness (QED) is 0.141. The number of aromatic nitrogens is 4. The first-order chi connectivity index (χ1) is 19.1. The van der Waals surface area contributed by atoms with Crippen molar-refractivity contribution in [2.24, 2.45) is 0 Å². The third-order valence-electron chi connectivity index (χ3n) is 7.00. The lowest BCUT2D eigenvalue weighted by Crippen LogP contribution is -2.06. The molecule has 0 unspecified atom stereocenters. The highest BCUT2D eigenvalue weighted by Crippen LogP contribution is 2.31. The molecule has 1 N–H and O–H groups in total. The molecule has 0 fully saturated rings. The van der Waals surface area contributed by atoms with Crippen LogP contribution < -0.4 is 4.74 Å². The predicted molar refractivity (Wildman–Crippen MR) is 154 cm³/mol. The Hall–Kier alpha value is -4.39. The molecule has 2 aromatic heterocycles. The Kier molecular flexibility index (Phi) is 8.06. The number of carboxylic acid groups (broad SMARTS) is 1. The van der Waals surface area contributed by atoms with Crippen LogP contribution in [-0.4, -0.2) is 30.4 Å². The van der Waals surface area contributed by atoms with Crippen molar-refractivity contribution in [1.82, 2.24) is 19.1 Å². The maximum absolute atomic E-state index is 11.1. The number of aryl methyl sites for hydroxylation is 2. The predicted octanol–water partition coefficient (Wildman–Crippen LogP) is 7.81. The van der Waals surface area contributed by atoms with Crippen LogP contribution in [0, 0.1) is 0 Å². The number of fused-ring (bicyclic) bond motifs is 1. The Labute approximate surface area is 228 Å². The second-order valence-electron chi connectivity index (χ2n) is 9.78. The number of hydrogen-bond donors (Lipinski definition) is 1. The molecule has 7 heteroatoms. The maximum atomic E-state index is 11.1. The second kappa shape index (κ2) is 12.0. The van der Waals surface area contributed by atoms with E-state index in [1.807, 2.05) is 30.5 Å². The summed E-state index contributed by atoms with van der Waals surface area (Å²) >= 11 is 0. The molecule has 200 valence electrons. The summed E-state index contributed by atoms with van der Waals surface area (Å²) < 4.78 is 9.54. The molecule has 0 aliphatic heterocycles. The van der Waals surface area contributed by atoms with Gasteiger partial charge in [0.1, 0.15) is 17.4 Å². The first-order valence-corrected chi connectivity index (χ1v) is 13.7. The first kappa shape index (κ1) is 26.2. The summed E-state index contributed by atoms with van der Waals surface area (Å²) in [6.07, 6.45) is 7.98. The average molecular weight is 523 g/mol. The lowest BCUT2D eigenvalue weighted by molar-refractivity contribution is 0.144. The Morgan fingerprint density at radius 2 is 1.72 bits per heavy atom. The number of unbranched alkanes of at least 4 members (excludes halogenated alkanes) is 2. The highest BCUT2D eigenvalue weighted by Gasteiger charge is 2.15. The van der Waals surface area contributed by atoms with Gasteiger partial charge >= 0.3 is 6.16 Å². The second-order valence-corrected chi connectivity index (χ2v) is 9.78. The molecular formula is C32H34N4O3. The van der Waals surface area contributed by atoms with Gasteiger partial charge in [-0.15, -0.1) is 0 Å². The van der Waals surface area contributed by atoms with E-state index in [2.05, 4.69) is 64.5 Å². The Morgan fingerprint density at radius 3 is 2.49 bits per heavy atom. The molecule has 0 saturated carbocycles. The average Bonchev–Trinajstić information content (AvgIpc) is 3.55. The highest BCUT2D eigenvalue weighted by atomic mass is 16.7. The van der Waals surface area contributed by atoms with Crippen molar-refractivity contribution in [3.63, 3.8) is 0 Å². The summed E-state index contributed by atoms with van der Waals surface area (Å²) in [5.41, 5.74) is 5.98. The van der Waals surface area contributed by atoms with E-state index in [1.165, 1.54) is 0 Å². The van der Waals surface area contributed by atoms with Gasteiger partial charge < -0.3 is 19.0 Å². The van der Waals surface area contributed by atoms with Crippen molar-refractivity contribution < 1.29 is 14.6 Å². The third-order valence-corrected chi connectivity index (χ3v) is 7.00. The Morgan fingerprint density at radius 1 is 0.949 bits per heavy atom. The van der Waals surface area contributed by atoms with Crippen LogP contribution in [0.5, 0.6) is 5.75 Å². The molecule has 5 aromatic rings. The third kappa shape index (κ3) is 5.87. The minimum absolute atomic E-state index is 0.324. The van der Waals surface area contributed by atoms with Gasteiger partial charge in [-0.2, -0.15) is 0 Å². The number of benzene rings is 3. The van der Waals surface area contributed by atoms with Gasteiger partial charge in [0.15, 0.2) is 0 Å². The molecule has 0 radical (unpaired) electrons. The molecule has 0 saturated heterocycles. The van der Waals surface area contributed by atoms with Crippen molar-refractivity contribution in [3.05, 3.63) is 90.5 Å². The molecule has 5 rings (SSSR count). The van der Waals surface area contributed by atoms with E-state index < -0.39 is 6.16 Å². The van der Waals surface area contributed by atoms with Gasteiger partial charge in [0, 0.05) is 43.0 Å². The lowest BCUT2D eigenvalue weighted by Gasteiger charge is -2.12. The lowest BCUT2D eigenvalue weighted by atomic mass is 10.0. The van der Waals surface area contributed by atoms with Gasteiger partial charge in [-0.25, -0.2) is 14.8 Å². The van der Waals surface area contributed by atoms with E-state index in [0.717, 1.165) is 83.6 Å². The number of hydrogen-bond acceptors (Lipinski definition) is 4. The van der Waals surface area contributed by atoms with Gasteiger partial charge in [0.25, 0.3) is 0 Å². The minimum atomic E-state index is -1.32. The topological polar surface area (TPSA) is 82.2 Å². The van der Waals surface area contributed by atoms with Gasteiger partial charge in [0.2, 0.25) is 0 Å². The number of ether oxygens (including phenoxy) is 1. The fourth-order valence-electron chi connectivity index (χ4n) is 4.95. The molecule has 7 nitrogen and oxygen atoms in total. The summed E-state index contributed by atoms with van der Waals surface area (Å²) in [6.45, 7) is 6.05. The van der Waals surface area contributed by atoms with Crippen molar-refractivity contribution in [1.29, 1.82) is 0 Å². The molecular weight excluding hydrogens is 488 g/mol. The number of imidazole rings is 2.